The number of rotatable bonds is 5. The monoisotopic (exact) mass is 567 g/mol. The lowest BCUT2D eigenvalue weighted by Crippen LogP contribution is -2.46. The summed E-state index contributed by atoms with van der Waals surface area (Å²) in [6.07, 6.45) is 16.0. The van der Waals surface area contributed by atoms with Crippen molar-refractivity contribution in [1.82, 2.24) is 24.7 Å². The lowest BCUT2D eigenvalue weighted by atomic mass is 9.93. The van der Waals surface area contributed by atoms with E-state index in [1.165, 1.54) is 37.6 Å². The van der Waals surface area contributed by atoms with E-state index in [4.69, 9.17) is 14.8 Å². The van der Waals surface area contributed by atoms with Gasteiger partial charge in [0.1, 0.15) is 17.0 Å². The zero-order valence-electron chi connectivity index (χ0n) is 24.5. The fourth-order valence-electron chi connectivity index (χ4n) is 6.46. The largest absolute Gasteiger partial charge is 0.477 e. The average molecular weight is 568 g/mol. The summed E-state index contributed by atoms with van der Waals surface area (Å²) in [7, 11) is 0. The maximum Gasteiger partial charge on any atom is 0.264 e. The molecule has 5 rings (SSSR count). The molecule has 1 unspecified atom stereocenters. The molecule has 0 aromatic carbocycles. The van der Waals surface area contributed by atoms with Crippen LogP contribution in [0.15, 0.2) is 45.0 Å². The van der Waals surface area contributed by atoms with Gasteiger partial charge in [-0.05, 0) is 65.2 Å². The Morgan fingerprint density at radius 3 is 2.85 bits per heavy atom. The molecule has 1 aromatic rings. The van der Waals surface area contributed by atoms with E-state index in [-0.39, 0.29) is 17.6 Å². The van der Waals surface area contributed by atoms with E-state index < -0.39 is 0 Å². The molecule has 9 nitrogen and oxygen atoms in total. The topological polar surface area (TPSA) is 96.1 Å². The second-order valence-corrected chi connectivity index (χ2v) is 13.0. The first-order chi connectivity index (χ1) is 19.3. The van der Waals surface area contributed by atoms with Gasteiger partial charge in [0, 0.05) is 49.3 Å². The first-order valence-electron chi connectivity index (χ1n) is 15.0. The first-order valence-corrected chi connectivity index (χ1v) is 15.8. The third-order valence-corrected chi connectivity index (χ3v) is 9.41. The van der Waals surface area contributed by atoms with Gasteiger partial charge in [-0.2, -0.15) is 0 Å². The number of allylic oxidation sites excluding steroid dienone is 1. The highest BCUT2D eigenvalue weighted by atomic mass is 32.2. The van der Waals surface area contributed by atoms with Gasteiger partial charge in [0.15, 0.2) is 0 Å². The maximum atomic E-state index is 13.5. The third-order valence-electron chi connectivity index (χ3n) is 8.59. The Hall–Kier alpha value is -2.75. The molecule has 1 saturated carbocycles. The number of nitrogens with zero attached hydrogens (tertiary/aromatic N) is 5. The molecule has 218 valence electrons. The first kappa shape index (κ1) is 28.8. The van der Waals surface area contributed by atoms with Gasteiger partial charge in [0.05, 0.1) is 18.0 Å². The van der Waals surface area contributed by atoms with Crippen molar-refractivity contribution < 1.29 is 9.53 Å². The second kappa shape index (κ2) is 12.8. The molecule has 2 atom stereocenters. The number of fused-ring (bicyclic) bond motifs is 4. The Bertz CT molecular complexity index is 1180. The molecule has 4 aliphatic rings. The third kappa shape index (κ3) is 6.93. The fraction of sp³-hybridized carbons (Fsp3) is 0.667. The summed E-state index contributed by atoms with van der Waals surface area (Å²) < 4.78 is 10.9. The van der Waals surface area contributed by atoms with Crippen LogP contribution in [0.1, 0.15) is 91.6 Å². The van der Waals surface area contributed by atoms with Crippen LogP contribution in [0.5, 0.6) is 5.88 Å². The summed E-state index contributed by atoms with van der Waals surface area (Å²) in [5.41, 5.74) is 0.522. The van der Waals surface area contributed by atoms with Crippen molar-refractivity contribution in [2.45, 2.75) is 97.2 Å². The molecular formula is C30H45N7O2S. The highest BCUT2D eigenvalue weighted by Crippen LogP contribution is 2.38. The number of amides is 1. The van der Waals surface area contributed by atoms with E-state index in [1.54, 1.807) is 0 Å². The van der Waals surface area contributed by atoms with E-state index in [0.29, 0.717) is 30.4 Å². The lowest BCUT2D eigenvalue weighted by Gasteiger charge is -2.37. The van der Waals surface area contributed by atoms with Gasteiger partial charge < -0.3 is 15.0 Å². The molecule has 2 bridgehead atoms. The van der Waals surface area contributed by atoms with Crippen molar-refractivity contribution >= 4 is 29.5 Å². The Labute approximate surface area is 243 Å². The molecule has 3 aliphatic heterocycles. The number of aromatic nitrogens is 2. The molecule has 1 aliphatic carbocycles. The molecule has 0 spiro atoms. The number of hydrogen-bond donors (Lipinski definition) is 2. The number of aliphatic imine (C=N–C) groups is 2. The number of carbonyl (C=O) groups is 1. The van der Waals surface area contributed by atoms with Crippen molar-refractivity contribution in [2.75, 3.05) is 19.7 Å². The van der Waals surface area contributed by atoms with E-state index >= 15 is 0 Å². The van der Waals surface area contributed by atoms with E-state index in [0.717, 1.165) is 61.4 Å². The van der Waals surface area contributed by atoms with Crippen LogP contribution in [-0.4, -0.2) is 57.5 Å². The van der Waals surface area contributed by atoms with E-state index in [9.17, 15) is 4.79 Å². The SMILES string of the molecule is C/C=C1\N=C(/C)NCCC[C@@H]2CN(C3=NC(n4ccc(OCCC5CCCC5)n4)CC=C3C(=O)NS1)C(C)(C)C2. The highest BCUT2D eigenvalue weighted by molar-refractivity contribution is 8.01. The molecule has 10 heteroatoms. The van der Waals surface area contributed by atoms with Gasteiger partial charge in [0.25, 0.3) is 5.91 Å². The van der Waals surface area contributed by atoms with Crippen molar-refractivity contribution in [1.29, 1.82) is 0 Å². The maximum absolute atomic E-state index is 13.5. The quantitative estimate of drug-likeness (QED) is 0.450. The molecule has 4 heterocycles. The van der Waals surface area contributed by atoms with Gasteiger partial charge in [-0.15, -0.1) is 5.10 Å². The van der Waals surface area contributed by atoms with E-state index in [2.05, 4.69) is 33.8 Å². The fourth-order valence-corrected chi connectivity index (χ4v) is 7.07. The van der Waals surface area contributed by atoms with Gasteiger partial charge in [0.2, 0.25) is 5.88 Å². The summed E-state index contributed by atoms with van der Waals surface area (Å²) in [5, 5.41) is 8.90. The summed E-state index contributed by atoms with van der Waals surface area (Å²) >= 11 is 1.24. The van der Waals surface area contributed by atoms with Crippen molar-refractivity contribution in [3.8, 4) is 5.88 Å². The normalized spacial score (nSPS) is 28.4. The highest BCUT2D eigenvalue weighted by Gasteiger charge is 2.42. The number of carbonyl (C=O) groups excluding carboxylic acids is 1. The zero-order valence-corrected chi connectivity index (χ0v) is 25.3. The molecule has 1 aromatic heterocycles. The summed E-state index contributed by atoms with van der Waals surface area (Å²) in [5.74, 6) is 3.46. The molecule has 1 saturated heterocycles. The Morgan fingerprint density at radius 1 is 1.23 bits per heavy atom. The number of nitrogens with one attached hydrogen (secondary N) is 2. The predicted molar refractivity (Wildman–Crippen MR) is 162 cm³/mol. The second-order valence-electron chi connectivity index (χ2n) is 12.1. The average Bonchev–Trinajstić information content (AvgIpc) is 3.69. The lowest BCUT2D eigenvalue weighted by molar-refractivity contribution is -0.115. The molecular weight excluding hydrogens is 522 g/mol. The van der Waals surface area contributed by atoms with Crippen LogP contribution in [-0.2, 0) is 4.79 Å². The smallest absolute Gasteiger partial charge is 0.264 e. The van der Waals surface area contributed by atoms with Crippen molar-refractivity contribution in [2.24, 2.45) is 21.8 Å². The molecule has 2 N–H and O–H groups in total. The van der Waals surface area contributed by atoms with Crippen LogP contribution in [0.2, 0.25) is 0 Å². The Balaban J connectivity index is 1.36. The van der Waals surface area contributed by atoms with Crippen LogP contribution < -0.4 is 14.8 Å². The number of hydrogen-bond acceptors (Lipinski definition) is 8. The van der Waals surface area contributed by atoms with E-state index in [1.807, 2.05) is 42.9 Å². The Kier molecular flexibility index (Phi) is 9.23. The van der Waals surface area contributed by atoms with Crippen molar-refractivity contribution in [3.63, 3.8) is 0 Å². The minimum Gasteiger partial charge on any atom is -0.477 e. The van der Waals surface area contributed by atoms with Gasteiger partial charge in [-0.25, -0.2) is 14.7 Å². The van der Waals surface area contributed by atoms with Gasteiger partial charge >= 0.3 is 0 Å². The molecule has 1 amide bonds. The minimum atomic E-state index is -0.217. The number of dihydropyridines is 1. The van der Waals surface area contributed by atoms with Crippen molar-refractivity contribution in [3.05, 3.63) is 35.0 Å². The molecule has 40 heavy (non-hydrogen) atoms. The predicted octanol–water partition coefficient (Wildman–Crippen LogP) is 5.60. The zero-order chi connectivity index (χ0) is 28.1. The number of amidine groups is 2. The van der Waals surface area contributed by atoms with Gasteiger partial charge in [-0.3, -0.25) is 9.52 Å². The molecule has 0 radical (unpaired) electrons. The Morgan fingerprint density at radius 2 is 2.05 bits per heavy atom. The van der Waals surface area contributed by atoms with Gasteiger partial charge in [-0.1, -0.05) is 37.8 Å². The van der Waals surface area contributed by atoms with Crippen LogP contribution in [0.3, 0.4) is 0 Å². The van der Waals surface area contributed by atoms with Crippen LogP contribution in [0, 0.1) is 11.8 Å². The van der Waals surface area contributed by atoms with Crippen LogP contribution in [0.4, 0.5) is 0 Å². The number of ether oxygens (including phenoxy) is 1. The molecule has 2 fully saturated rings. The van der Waals surface area contributed by atoms with Crippen LogP contribution in [0.25, 0.3) is 0 Å². The van der Waals surface area contributed by atoms with Crippen LogP contribution >= 0.6 is 11.9 Å². The minimum absolute atomic E-state index is 0.104. The summed E-state index contributed by atoms with van der Waals surface area (Å²) in [6.45, 7) is 10.9. The summed E-state index contributed by atoms with van der Waals surface area (Å²) in [4.78, 5) is 25.7. The summed E-state index contributed by atoms with van der Waals surface area (Å²) in [6, 6.07) is 1.93. The standard InChI is InChI=1S/C30H45N7O2S/c1-5-27-32-21(2)31-16-8-11-23-19-30(3,4)36(20-23)28-24(29(38)35-40-27)12-13-25(33-28)37-17-14-26(34-37)39-18-15-22-9-6-7-10-22/h5,12,14,17,22-23,25H,6-11,13,15-16,18-20H2,1-4H3,(H,31,32)(H,35,38)/b27-5+/t23-,25?/m0/s1.